The van der Waals surface area contributed by atoms with Gasteiger partial charge < -0.3 is 9.47 Å². The third-order valence-corrected chi connectivity index (χ3v) is 3.71. The van der Waals surface area contributed by atoms with E-state index in [9.17, 15) is 4.79 Å². The number of thiophene rings is 1. The number of ether oxygens (including phenoxy) is 2. The van der Waals surface area contributed by atoms with Crippen molar-refractivity contribution >= 4 is 23.5 Å². The van der Waals surface area contributed by atoms with Crippen molar-refractivity contribution in [2.75, 3.05) is 7.11 Å². The molecule has 0 bridgehead atoms. The maximum atomic E-state index is 12.0. The predicted molar refractivity (Wildman–Crippen MR) is 85.3 cm³/mol. The normalized spacial score (nSPS) is 10.8. The third-order valence-electron chi connectivity index (χ3n) is 2.86. The molecule has 0 N–H and O–H groups in total. The van der Waals surface area contributed by atoms with Crippen LogP contribution in [0.1, 0.15) is 15.2 Å². The molecule has 2 aromatic heterocycles. The predicted octanol–water partition coefficient (Wildman–Crippen LogP) is 2.45. The van der Waals surface area contributed by atoms with Gasteiger partial charge in [0.15, 0.2) is 11.5 Å². The first-order chi connectivity index (χ1) is 11.3. The van der Waals surface area contributed by atoms with E-state index in [1.54, 1.807) is 36.5 Å². The zero-order chi connectivity index (χ0) is 16.1. The molecule has 7 nitrogen and oxygen atoms in total. The van der Waals surface area contributed by atoms with Crippen LogP contribution in [0.25, 0.3) is 0 Å². The molecule has 0 spiro atoms. The molecule has 0 unspecified atom stereocenters. The van der Waals surface area contributed by atoms with Gasteiger partial charge in [0, 0.05) is 0 Å². The van der Waals surface area contributed by atoms with Crippen molar-refractivity contribution in [2.45, 2.75) is 0 Å². The molecular formula is C15H12N4O3S. The zero-order valence-corrected chi connectivity index (χ0v) is 12.9. The van der Waals surface area contributed by atoms with Crippen LogP contribution in [0.2, 0.25) is 0 Å². The van der Waals surface area contributed by atoms with E-state index in [-0.39, 0.29) is 0 Å². The van der Waals surface area contributed by atoms with Crippen LogP contribution in [-0.2, 0) is 0 Å². The molecule has 116 valence electrons. The Balaban J connectivity index is 1.78. The summed E-state index contributed by atoms with van der Waals surface area (Å²) < 4.78 is 12.1. The third kappa shape index (κ3) is 3.61. The summed E-state index contributed by atoms with van der Waals surface area (Å²) in [6.45, 7) is 0. The van der Waals surface area contributed by atoms with Crippen molar-refractivity contribution in [1.29, 1.82) is 0 Å². The number of carbonyl (C=O) groups excluding carboxylic acids is 1. The Hall–Kier alpha value is -3.00. The Morgan fingerprint density at radius 1 is 1.26 bits per heavy atom. The fraction of sp³-hybridized carbons (Fsp3) is 0.0667. The molecule has 0 aliphatic carbocycles. The summed E-state index contributed by atoms with van der Waals surface area (Å²) in [5.41, 5.74) is 0.784. The second kappa shape index (κ2) is 6.84. The minimum Gasteiger partial charge on any atom is -0.493 e. The largest absolute Gasteiger partial charge is 0.493 e. The van der Waals surface area contributed by atoms with Gasteiger partial charge in [0.2, 0.25) is 0 Å². The lowest BCUT2D eigenvalue weighted by Gasteiger charge is -2.09. The van der Waals surface area contributed by atoms with E-state index < -0.39 is 5.97 Å². The Labute approximate surface area is 135 Å². The SMILES string of the molecule is COc1cc(C=Nn2cnnc2)ccc1OC(=O)c1cccs1. The monoisotopic (exact) mass is 328 g/mol. The van der Waals surface area contributed by atoms with Gasteiger partial charge in [-0.3, -0.25) is 0 Å². The average Bonchev–Trinajstić information content (AvgIpc) is 3.27. The van der Waals surface area contributed by atoms with E-state index in [2.05, 4.69) is 15.3 Å². The topological polar surface area (TPSA) is 78.6 Å². The minimum atomic E-state index is -0.413. The van der Waals surface area contributed by atoms with Gasteiger partial charge in [-0.25, -0.2) is 9.47 Å². The summed E-state index contributed by atoms with van der Waals surface area (Å²) in [7, 11) is 1.51. The minimum absolute atomic E-state index is 0.354. The van der Waals surface area contributed by atoms with Gasteiger partial charge in [0.1, 0.15) is 17.5 Å². The summed E-state index contributed by atoms with van der Waals surface area (Å²) in [6.07, 6.45) is 4.58. The number of aromatic nitrogens is 3. The molecule has 0 saturated carbocycles. The highest BCUT2D eigenvalue weighted by atomic mass is 32.1. The average molecular weight is 328 g/mol. The van der Waals surface area contributed by atoms with Crippen LogP contribution in [-0.4, -0.2) is 34.2 Å². The van der Waals surface area contributed by atoms with Crippen molar-refractivity contribution in [1.82, 2.24) is 14.9 Å². The van der Waals surface area contributed by atoms with E-state index in [0.29, 0.717) is 16.4 Å². The van der Waals surface area contributed by atoms with E-state index in [1.165, 1.54) is 35.8 Å². The first-order valence-electron chi connectivity index (χ1n) is 6.59. The summed E-state index contributed by atoms with van der Waals surface area (Å²) in [5.74, 6) is 0.388. The maximum Gasteiger partial charge on any atom is 0.353 e. The highest BCUT2D eigenvalue weighted by Gasteiger charge is 2.13. The molecule has 3 aromatic rings. The fourth-order valence-electron chi connectivity index (χ4n) is 1.78. The molecule has 2 heterocycles. The highest BCUT2D eigenvalue weighted by Crippen LogP contribution is 2.28. The molecule has 3 rings (SSSR count). The van der Waals surface area contributed by atoms with Gasteiger partial charge in [-0.2, -0.15) is 5.10 Å². The second-order valence-electron chi connectivity index (χ2n) is 4.36. The first-order valence-corrected chi connectivity index (χ1v) is 7.47. The lowest BCUT2D eigenvalue weighted by Crippen LogP contribution is -2.07. The second-order valence-corrected chi connectivity index (χ2v) is 5.31. The van der Waals surface area contributed by atoms with Gasteiger partial charge in [0.05, 0.1) is 13.3 Å². The van der Waals surface area contributed by atoms with Crippen molar-refractivity contribution in [2.24, 2.45) is 5.10 Å². The molecule has 1 aromatic carbocycles. The Bertz CT molecular complexity index is 813. The number of hydrogen-bond acceptors (Lipinski definition) is 7. The van der Waals surface area contributed by atoms with Crippen LogP contribution in [0.3, 0.4) is 0 Å². The summed E-state index contributed by atoms with van der Waals surface area (Å²) >= 11 is 1.32. The number of esters is 1. The molecule has 0 aliphatic heterocycles. The zero-order valence-electron chi connectivity index (χ0n) is 12.1. The number of rotatable bonds is 5. The van der Waals surface area contributed by atoms with E-state index in [4.69, 9.17) is 9.47 Å². The summed E-state index contributed by atoms with van der Waals surface area (Å²) in [5, 5.41) is 13.3. The van der Waals surface area contributed by atoms with Crippen LogP contribution in [0, 0.1) is 0 Å². The fourth-order valence-corrected chi connectivity index (χ4v) is 2.38. The van der Waals surface area contributed by atoms with Crippen LogP contribution in [0.15, 0.2) is 53.5 Å². The molecule has 0 amide bonds. The van der Waals surface area contributed by atoms with Gasteiger partial charge in [-0.05, 0) is 35.2 Å². The number of methoxy groups -OCH3 is 1. The standard InChI is InChI=1S/C15H12N4O3S/c1-21-13-7-11(8-18-19-9-16-17-10-19)4-5-12(13)22-15(20)14-3-2-6-23-14/h2-10H,1H3. The smallest absolute Gasteiger partial charge is 0.353 e. The number of benzene rings is 1. The lowest BCUT2D eigenvalue weighted by molar-refractivity contribution is 0.0735. The van der Waals surface area contributed by atoms with Crippen LogP contribution in [0.5, 0.6) is 11.5 Å². The molecule has 0 fully saturated rings. The van der Waals surface area contributed by atoms with Gasteiger partial charge in [-0.15, -0.1) is 21.5 Å². The molecule has 23 heavy (non-hydrogen) atoms. The molecule has 8 heteroatoms. The molecule has 0 atom stereocenters. The van der Waals surface area contributed by atoms with Crippen molar-refractivity contribution < 1.29 is 14.3 Å². The Kier molecular flexibility index (Phi) is 4.44. The maximum absolute atomic E-state index is 12.0. The van der Waals surface area contributed by atoms with E-state index in [0.717, 1.165) is 5.56 Å². The summed E-state index contributed by atoms with van der Waals surface area (Å²) in [6, 6.07) is 8.67. The first kappa shape index (κ1) is 14.9. The van der Waals surface area contributed by atoms with Crippen LogP contribution >= 0.6 is 11.3 Å². The van der Waals surface area contributed by atoms with Crippen molar-refractivity contribution in [3.63, 3.8) is 0 Å². The van der Waals surface area contributed by atoms with Crippen LogP contribution in [0.4, 0.5) is 0 Å². The molecule has 0 radical (unpaired) electrons. The Morgan fingerprint density at radius 2 is 2.09 bits per heavy atom. The quantitative estimate of drug-likeness (QED) is 0.408. The molecule has 0 aliphatic rings. The van der Waals surface area contributed by atoms with E-state index >= 15 is 0 Å². The van der Waals surface area contributed by atoms with E-state index in [1.807, 2.05) is 5.38 Å². The Morgan fingerprint density at radius 3 is 2.78 bits per heavy atom. The van der Waals surface area contributed by atoms with Gasteiger partial charge in [0.25, 0.3) is 0 Å². The lowest BCUT2D eigenvalue weighted by atomic mass is 10.2. The molecule has 0 saturated heterocycles. The van der Waals surface area contributed by atoms with Crippen molar-refractivity contribution in [3.8, 4) is 11.5 Å². The molecular weight excluding hydrogens is 316 g/mol. The number of nitrogens with zero attached hydrogens (tertiary/aromatic N) is 4. The van der Waals surface area contributed by atoms with Gasteiger partial charge >= 0.3 is 5.97 Å². The van der Waals surface area contributed by atoms with Gasteiger partial charge in [-0.1, -0.05) is 6.07 Å². The highest BCUT2D eigenvalue weighted by molar-refractivity contribution is 7.12. The van der Waals surface area contributed by atoms with Crippen LogP contribution < -0.4 is 9.47 Å². The number of hydrogen-bond donors (Lipinski definition) is 0. The van der Waals surface area contributed by atoms with Crippen molar-refractivity contribution in [3.05, 3.63) is 58.8 Å². The number of carbonyl (C=O) groups is 1. The summed E-state index contributed by atoms with van der Waals surface area (Å²) in [4.78, 5) is 12.5.